The van der Waals surface area contributed by atoms with Crippen LogP contribution in [0.5, 0.6) is 0 Å². The molecule has 18 heavy (non-hydrogen) atoms. The fourth-order valence-corrected chi connectivity index (χ4v) is 2.58. The fourth-order valence-electron chi connectivity index (χ4n) is 2.58. The number of hydrogen-bond acceptors (Lipinski definition) is 1. The van der Waals surface area contributed by atoms with Crippen LogP contribution in [0.25, 0.3) is 0 Å². The Morgan fingerprint density at radius 3 is 2.44 bits per heavy atom. The number of unbranched alkanes of at least 4 members (excludes halogenated alkanes) is 1. The summed E-state index contributed by atoms with van der Waals surface area (Å²) in [6.45, 7) is 9.04. The second-order valence-corrected chi connectivity index (χ2v) is 5.72. The van der Waals surface area contributed by atoms with Gasteiger partial charge in [-0.05, 0) is 49.7 Å². The topological polar surface area (TPSA) is 20.2 Å². The van der Waals surface area contributed by atoms with Crippen molar-refractivity contribution in [2.24, 2.45) is 5.41 Å². The van der Waals surface area contributed by atoms with Crippen molar-refractivity contribution >= 4 is 0 Å². The molecule has 0 amide bonds. The van der Waals surface area contributed by atoms with Crippen LogP contribution in [0.3, 0.4) is 0 Å². The minimum absolute atomic E-state index is 0.0779. The minimum Gasteiger partial charge on any atom is -0.396 e. The van der Waals surface area contributed by atoms with Crippen molar-refractivity contribution in [1.82, 2.24) is 0 Å². The molecule has 1 heteroatoms. The van der Waals surface area contributed by atoms with Crippen LogP contribution < -0.4 is 0 Å². The van der Waals surface area contributed by atoms with E-state index in [1.807, 2.05) is 0 Å². The Labute approximate surface area is 112 Å². The van der Waals surface area contributed by atoms with Crippen LogP contribution in [0, 0.1) is 19.3 Å². The van der Waals surface area contributed by atoms with E-state index in [1.165, 1.54) is 29.5 Å². The molecule has 0 bridgehead atoms. The Kier molecular flexibility index (Phi) is 5.87. The first-order valence-corrected chi connectivity index (χ1v) is 7.24. The molecule has 1 aromatic rings. The molecular weight excluding hydrogens is 220 g/mol. The summed E-state index contributed by atoms with van der Waals surface area (Å²) in [6, 6.07) is 6.64. The second-order valence-electron chi connectivity index (χ2n) is 5.72. The zero-order valence-corrected chi connectivity index (χ0v) is 12.4. The predicted octanol–water partition coefficient (Wildman–Crippen LogP) is 4.42. The molecule has 0 aliphatic carbocycles. The number of rotatable bonds is 7. The van der Waals surface area contributed by atoms with E-state index in [2.05, 4.69) is 45.9 Å². The van der Waals surface area contributed by atoms with Gasteiger partial charge in [0.1, 0.15) is 0 Å². The third kappa shape index (κ3) is 3.84. The third-order valence-electron chi connectivity index (χ3n) is 4.22. The molecule has 1 aromatic carbocycles. The lowest BCUT2D eigenvalue weighted by molar-refractivity contribution is 0.107. The SMILES string of the molecule is CCCCC(CC)(CO)Cc1cc(C)ccc1C. The van der Waals surface area contributed by atoms with Crippen molar-refractivity contribution in [2.45, 2.75) is 59.8 Å². The largest absolute Gasteiger partial charge is 0.396 e. The predicted molar refractivity (Wildman–Crippen MR) is 79.0 cm³/mol. The van der Waals surface area contributed by atoms with Crippen LogP contribution in [0.2, 0.25) is 0 Å². The number of hydrogen-bond donors (Lipinski definition) is 1. The van der Waals surface area contributed by atoms with Crippen LogP contribution in [-0.2, 0) is 6.42 Å². The van der Waals surface area contributed by atoms with Gasteiger partial charge in [0.2, 0.25) is 0 Å². The van der Waals surface area contributed by atoms with Crippen LogP contribution >= 0.6 is 0 Å². The molecule has 0 aliphatic rings. The molecule has 102 valence electrons. The molecule has 1 nitrogen and oxygen atoms in total. The molecule has 0 fully saturated rings. The van der Waals surface area contributed by atoms with Crippen molar-refractivity contribution in [1.29, 1.82) is 0 Å². The maximum atomic E-state index is 9.82. The van der Waals surface area contributed by atoms with E-state index < -0.39 is 0 Å². The van der Waals surface area contributed by atoms with E-state index in [0.29, 0.717) is 6.61 Å². The number of benzene rings is 1. The van der Waals surface area contributed by atoms with Crippen LogP contribution in [0.1, 0.15) is 56.2 Å². The molecule has 1 N–H and O–H groups in total. The molecule has 1 atom stereocenters. The highest BCUT2D eigenvalue weighted by Gasteiger charge is 2.27. The summed E-state index contributed by atoms with van der Waals surface area (Å²) in [6.07, 6.45) is 5.60. The quantitative estimate of drug-likeness (QED) is 0.757. The Hall–Kier alpha value is -0.820. The van der Waals surface area contributed by atoms with E-state index in [-0.39, 0.29) is 5.41 Å². The van der Waals surface area contributed by atoms with Gasteiger partial charge in [0.15, 0.2) is 0 Å². The zero-order valence-electron chi connectivity index (χ0n) is 12.4. The standard InChI is InChI=1S/C17H28O/c1-5-7-10-17(6-2,13-18)12-16-11-14(3)8-9-15(16)4/h8-9,11,18H,5-7,10,12-13H2,1-4H3. The minimum atomic E-state index is 0.0779. The average molecular weight is 248 g/mol. The van der Waals surface area contributed by atoms with Crippen molar-refractivity contribution < 1.29 is 5.11 Å². The van der Waals surface area contributed by atoms with E-state index in [0.717, 1.165) is 19.3 Å². The number of aryl methyl sites for hydroxylation is 2. The first kappa shape index (κ1) is 15.2. The van der Waals surface area contributed by atoms with Gasteiger partial charge in [0.25, 0.3) is 0 Å². The fraction of sp³-hybridized carbons (Fsp3) is 0.647. The Balaban J connectivity index is 2.91. The normalized spacial score (nSPS) is 14.5. The Morgan fingerprint density at radius 1 is 1.17 bits per heavy atom. The molecule has 0 saturated heterocycles. The first-order valence-electron chi connectivity index (χ1n) is 7.24. The van der Waals surface area contributed by atoms with Crippen LogP contribution in [-0.4, -0.2) is 11.7 Å². The molecule has 0 radical (unpaired) electrons. The summed E-state index contributed by atoms with van der Waals surface area (Å²) in [7, 11) is 0. The van der Waals surface area contributed by atoms with E-state index in [4.69, 9.17) is 0 Å². The summed E-state index contributed by atoms with van der Waals surface area (Å²) in [5.74, 6) is 0. The van der Waals surface area contributed by atoms with Gasteiger partial charge in [-0.25, -0.2) is 0 Å². The van der Waals surface area contributed by atoms with Crippen molar-refractivity contribution in [2.75, 3.05) is 6.61 Å². The Morgan fingerprint density at radius 2 is 1.89 bits per heavy atom. The van der Waals surface area contributed by atoms with Crippen molar-refractivity contribution in [3.05, 3.63) is 34.9 Å². The van der Waals surface area contributed by atoms with Gasteiger partial charge >= 0.3 is 0 Å². The second kappa shape index (κ2) is 6.94. The van der Waals surface area contributed by atoms with Gasteiger partial charge in [-0.3, -0.25) is 0 Å². The zero-order chi connectivity index (χ0) is 13.6. The molecule has 0 aliphatic heterocycles. The summed E-state index contributed by atoms with van der Waals surface area (Å²) < 4.78 is 0. The third-order valence-corrected chi connectivity index (χ3v) is 4.22. The number of aliphatic hydroxyl groups excluding tert-OH is 1. The molecule has 1 rings (SSSR count). The summed E-state index contributed by atoms with van der Waals surface area (Å²) >= 11 is 0. The first-order chi connectivity index (χ1) is 8.56. The molecule has 0 saturated carbocycles. The monoisotopic (exact) mass is 248 g/mol. The summed E-state index contributed by atoms with van der Waals surface area (Å²) in [5, 5.41) is 9.82. The van der Waals surface area contributed by atoms with Gasteiger partial charge in [-0.15, -0.1) is 0 Å². The van der Waals surface area contributed by atoms with Crippen LogP contribution in [0.15, 0.2) is 18.2 Å². The molecule has 1 unspecified atom stereocenters. The van der Waals surface area contributed by atoms with Gasteiger partial charge < -0.3 is 5.11 Å². The maximum Gasteiger partial charge on any atom is 0.0490 e. The number of aliphatic hydroxyl groups is 1. The van der Waals surface area contributed by atoms with E-state index in [9.17, 15) is 5.11 Å². The van der Waals surface area contributed by atoms with Crippen LogP contribution in [0.4, 0.5) is 0 Å². The summed E-state index contributed by atoms with van der Waals surface area (Å²) in [4.78, 5) is 0. The molecule has 0 spiro atoms. The van der Waals surface area contributed by atoms with Gasteiger partial charge in [-0.2, -0.15) is 0 Å². The molecule has 0 heterocycles. The van der Waals surface area contributed by atoms with Gasteiger partial charge in [0.05, 0.1) is 0 Å². The summed E-state index contributed by atoms with van der Waals surface area (Å²) in [5.41, 5.74) is 4.15. The Bertz CT molecular complexity index is 364. The lowest BCUT2D eigenvalue weighted by Crippen LogP contribution is -2.28. The van der Waals surface area contributed by atoms with E-state index >= 15 is 0 Å². The highest BCUT2D eigenvalue weighted by molar-refractivity contribution is 5.31. The van der Waals surface area contributed by atoms with Gasteiger partial charge in [-0.1, -0.05) is 50.5 Å². The average Bonchev–Trinajstić information content (AvgIpc) is 2.39. The lowest BCUT2D eigenvalue weighted by Gasteiger charge is -2.31. The van der Waals surface area contributed by atoms with Gasteiger partial charge in [0, 0.05) is 6.61 Å². The lowest BCUT2D eigenvalue weighted by atomic mass is 9.75. The smallest absolute Gasteiger partial charge is 0.0490 e. The molecular formula is C17H28O. The van der Waals surface area contributed by atoms with Crippen molar-refractivity contribution in [3.8, 4) is 0 Å². The van der Waals surface area contributed by atoms with E-state index in [1.54, 1.807) is 0 Å². The molecule has 0 aromatic heterocycles. The highest BCUT2D eigenvalue weighted by atomic mass is 16.3. The highest BCUT2D eigenvalue weighted by Crippen LogP contribution is 2.33. The maximum absolute atomic E-state index is 9.82. The van der Waals surface area contributed by atoms with Crippen molar-refractivity contribution in [3.63, 3.8) is 0 Å².